The van der Waals surface area contributed by atoms with E-state index >= 15 is 0 Å². The Morgan fingerprint density at radius 3 is 2.45 bits per heavy atom. The number of rotatable bonds is 3. The van der Waals surface area contributed by atoms with Gasteiger partial charge in [-0.15, -0.1) is 0 Å². The van der Waals surface area contributed by atoms with Crippen molar-refractivity contribution in [2.24, 2.45) is 0 Å². The molecule has 0 aliphatic heterocycles. The summed E-state index contributed by atoms with van der Waals surface area (Å²) < 4.78 is 4.51. The summed E-state index contributed by atoms with van der Waals surface area (Å²) in [4.78, 5) is 21.1. The lowest BCUT2D eigenvalue weighted by molar-refractivity contribution is -0.137. The van der Waals surface area contributed by atoms with Crippen LogP contribution in [0, 0.1) is 0 Å². The van der Waals surface area contributed by atoms with Crippen molar-refractivity contribution in [3.63, 3.8) is 0 Å². The highest BCUT2D eigenvalue weighted by Crippen LogP contribution is 2.03. The second-order valence-corrected chi connectivity index (χ2v) is 2.23. The molecule has 62 valence electrons. The Morgan fingerprint density at radius 1 is 1.55 bits per heavy atom. The zero-order valence-corrected chi connectivity index (χ0v) is 7.14. The first-order chi connectivity index (χ1) is 5.07. The predicted molar refractivity (Wildman–Crippen MR) is 41.3 cm³/mol. The molecular formula is C7H9ClO3. The fraction of sp³-hybridized carbons (Fsp3) is 0.429. The Labute approximate surface area is 70.0 Å². The number of halogens is 1. The number of carbonyl (C=O) groups is 2. The average molecular weight is 177 g/mol. The van der Waals surface area contributed by atoms with Crippen LogP contribution in [0.3, 0.4) is 0 Å². The molecule has 0 aromatic rings. The zero-order chi connectivity index (χ0) is 8.85. The van der Waals surface area contributed by atoms with E-state index in [1.165, 1.54) is 6.92 Å². The van der Waals surface area contributed by atoms with Gasteiger partial charge in [0.2, 0.25) is 0 Å². The van der Waals surface area contributed by atoms with Crippen molar-refractivity contribution in [3.8, 4) is 0 Å². The third kappa shape index (κ3) is 4.56. The van der Waals surface area contributed by atoms with Crippen molar-refractivity contribution in [1.82, 2.24) is 0 Å². The number of esters is 1. The quantitative estimate of drug-likeness (QED) is 0.480. The van der Waals surface area contributed by atoms with E-state index in [1.807, 2.05) is 0 Å². The molecule has 0 spiro atoms. The molecule has 0 bridgehead atoms. The molecule has 0 saturated heterocycles. The number of allylic oxidation sites excluding steroid dienone is 1. The molecule has 0 rings (SSSR count). The van der Waals surface area contributed by atoms with E-state index < -0.39 is 5.97 Å². The average Bonchev–Trinajstić information content (AvgIpc) is 1.86. The van der Waals surface area contributed by atoms with Gasteiger partial charge in [0.05, 0.1) is 6.61 Å². The van der Waals surface area contributed by atoms with Crippen molar-refractivity contribution < 1.29 is 14.3 Å². The van der Waals surface area contributed by atoms with Crippen molar-refractivity contribution in [2.75, 3.05) is 6.61 Å². The summed E-state index contributed by atoms with van der Waals surface area (Å²) in [6, 6.07) is 0. The first-order valence-corrected chi connectivity index (χ1v) is 3.50. The second-order valence-electron chi connectivity index (χ2n) is 1.82. The summed E-state index contributed by atoms with van der Waals surface area (Å²) in [7, 11) is 0. The molecule has 11 heavy (non-hydrogen) atoms. The number of hydrogen-bond acceptors (Lipinski definition) is 3. The highest BCUT2D eigenvalue weighted by Gasteiger charge is 2.06. The van der Waals surface area contributed by atoms with E-state index in [4.69, 9.17) is 11.6 Å². The number of hydrogen-bond donors (Lipinski definition) is 0. The summed E-state index contributed by atoms with van der Waals surface area (Å²) in [6.07, 6.45) is 1.03. The third-order valence-electron chi connectivity index (χ3n) is 0.800. The van der Waals surface area contributed by atoms with Crippen molar-refractivity contribution in [2.45, 2.75) is 13.8 Å². The fourth-order valence-electron chi connectivity index (χ4n) is 0.437. The van der Waals surface area contributed by atoms with Gasteiger partial charge >= 0.3 is 5.97 Å². The van der Waals surface area contributed by atoms with E-state index in [1.54, 1.807) is 6.92 Å². The highest BCUT2D eigenvalue weighted by molar-refractivity contribution is 6.42. The standard InChI is InChI=1S/C7H9ClO3/c1-3-11-7(10)6(8)4-5(2)9/h4H,3H2,1-2H3. The van der Waals surface area contributed by atoms with E-state index in [-0.39, 0.29) is 17.4 Å². The van der Waals surface area contributed by atoms with Crippen LogP contribution < -0.4 is 0 Å². The SMILES string of the molecule is CCOC(=O)C(Cl)=CC(C)=O. The highest BCUT2D eigenvalue weighted by atomic mass is 35.5. The fourth-order valence-corrected chi connectivity index (χ4v) is 0.646. The molecular weight excluding hydrogens is 168 g/mol. The molecule has 3 nitrogen and oxygen atoms in total. The molecule has 0 aliphatic carbocycles. The van der Waals surface area contributed by atoms with Gasteiger partial charge in [0.15, 0.2) is 5.78 Å². The first kappa shape index (κ1) is 10.2. The molecule has 0 unspecified atom stereocenters. The first-order valence-electron chi connectivity index (χ1n) is 3.12. The van der Waals surface area contributed by atoms with Gasteiger partial charge in [-0.05, 0) is 13.8 Å². The Morgan fingerprint density at radius 2 is 2.09 bits per heavy atom. The van der Waals surface area contributed by atoms with Crippen LogP contribution >= 0.6 is 11.6 Å². The number of ketones is 1. The van der Waals surface area contributed by atoms with Crippen LogP contribution in [0.4, 0.5) is 0 Å². The van der Waals surface area contributed by atoms with Crippen molar-refractivity contribution in [1.29, 1.82) is 0 Å². The largest absolute Gasteiger partial charge is 0.462 e. The minimum absolute atomic E-state index is 0.181. The van der Waals surface area contributed by atoms with Crippen LogP contribution in [0.15, 0.2) is 11.1 Å². The van der Waals surface area contributed by atoms with E-state index in [9.17, 15) is 9.59 Å². The maximum Gasteiger partial charge on any atom is 0.349 e. The van der Waals surface area contributed by atoms with Crippen molar-refractivity contribution >= 4 is 23.4 Å². The molecule has 0 saturated carbocycles. The summed E-state index contributed by atoms with van der Waals surface area (Å²) in [5.41, 5.74) is 0. The zero-order valence-electron chi connectivity index (χ0n) is 6.39. The Bertz CT molecular complexity index is 196. The van der Waals surface area contributed by atoms with Crippen LogP contribution in [0.5, 0.6) is 0 Å². The molecule has 0 aliphatic rings. The minimum Gasteiger partial charge on any atom is -0.462 e. The topological polar surface area (TPSA) is 43.4 Å². The molecule has 0 heterocycles. The van der Waals surface area contributed by atoms with Crippen LogP contribution in [0.25, 0.3) is 0 Å². The van der Waals surface area contributed by atoms with Gasteiger partial charge in [-0.1, -0.05) is 11.6 Å². The van der Waals surface area contributed by atoms with Crippen LogP contribution in [0.1, 0.15) is 13.8 Å². The van der Waals surface area contributed by atoms with E-state index in [0.29, 0.717) is 0 Å². The smallest absolute Gasteiger partial charge is 0.349 e. The van der Waals surface area contributed by atoms with Gasteiger partial charge in [0.1, 0.15) is 5.03 Å². The molecule has 0 fully saturated rings. The maximum absolute atomic E-state index is 10.7. The molecule has 0 atom stereocenters. The normalized spacial score (nSPS) is 11.0. The maximum atomic E-state index is 10.7. The van der Waals surface area contributed by atoms with Crippen LogP contribution in [-0.2, 0) is 14.3 Å². The molecule has 0 N–H and O–H groups in total. The third-order valence-corrected chi connectivity index (χ3v) is 1.06. The summed E-state index contributed by atoms with van der Waals surface area (Å²) in [5, 5.41) is -0.181. The number of carbonyl (C=O) groups excluding carboxylic acids is 2. The van der Waals surface area contributed by atoms with Gasteiger partial charge in [0.25, 0.3) is 0 Å². The molecule has 0 amide bonds. The summed E-state index contributed by atoms with van der Waals surface area (Å²) in [5.74, 6) is -0.938. The molecule has 4 heteroatoms. The monoisotopic (exact) mass is 176 g/mol. The summed E-state index contributed by atoms with van der Waals surface area (Å²) in [6.45, 7) is 3.22. The van der Waals surface area contributed by atoms with Crippen LogP contribution in [0.2, 0.25) is 0 Å². The Kier molecular flexibility index (Phi) is 4.54. The second kappa shape index (κ2) is 4.91. The van der Waals surface area contributed by atoms with Gasteiger partial charge in [-0.2, -0.15) is 0 Å². The predicted octanol–water partition coefficient (Wildman–Crippen LogP) is 1.26. The lowest BCUT2D eigenvalue weighted by Crippen LogP contribution is -2.04. The van der Waals surface area contributed by atoms with Gasteiger partial charge in [-0.25, -0.2) is 4.79 Å². The molecule has 0 aromatic carbocycles. The van der Waals surface area contributed by atoms with E-state index in [2.05, 4.69) is 4.74 Å². The van der Waals surface area contributed by atoms with Crippen molar-refractivity contribution in [3.05, 3.63) is 11.1 Å². The number of ether oxygens (including phenoxy) is 1. The van der Waals surface area contributed by atoms with Crippen LogP contribution in [-0.4, -0.2) is 18.4 Å². The Balaban J connectivity index is 4.12. The lowest BCUT2D eigenvalue weighted by atomic mass is 10.4. The van der Waals surface area contributed by atoms with Gasteiger partial charge < -0.3 is 4.74 Å². The van der Waals surface area contributed by atoms with E-state index in [0.717, 1.165) is 6.08 Å². The van der Waals surface area contributed by atoms with Gasteiger partial charge in [0, 0.05) is 6.08 Å². The minimum atomic E-state index is -0.663. The molecule has 0 aromatic heterocycles. The van der Waals surface area contributed by atoms with Gasteiger partial charge in [-0.3, -0.25) is 4.79 Å². The molecule has 0 radical (unpaired) electrons. The summed E-state index contributed by atoms with van der Waals surface area (Å²) >= 11 is 5.37. The lowest BCUT2D eigenvalue weighted by Gasteiger charge is -1.97. The Hall–Kier alpha value is -0.830.